The van der Waals surface area contributed by atoms with Crippen LogP contribution >= 0.6 is 7.82 Å². The molecule has 494 valence electrons. The van der Waals surface area contributed by atoms with Crippen molar-refractivity contribution in [1.82, 2.24) is 0 Å². The molecule has 0 rings (SSSR count). The largest absolute Gasteiger partial charge is 0.472 e. The second kappa shape index (κ2) is 65.6. The number of rotatable bonds is 66. The zero-order valence-electron chi connectivity index (χ0n) is 56.3. The summed E-state index contributed by atoms with van der Waals surface area (Å²) < 4.78 is 34.7. The minimum absolute atomic E-state index is 0.0323. The van der Waals surface area contributed by atoms with Gasteiger partial charge in [-0.15, -0.1) is 0 Å². The number of carbonyl (C=O) groups is 2. The summed E-state index contributed by atoms with van der Waals surface area (Å²) in [7, 11) is 1.49. The monoisotopic (exact) mass is 1210 g/mol. The standard InChI is InChI=1S/C75H136NO8P/c1-6-8-10-12-14-16-18-20-22-24-26-28-30-31-32-33-34-35-36-37-38-39-40-41-42-43-44-45-46-48-50-52-54-56-58-60-62-64-66-68-75(78)84-73(72-83-85(79,80)82-70-69-76(3,4)5)71-81-74(77)67-65-63-61-59-57-55-53-51-49-47-29-27-25-23-21-19-17-15-13-11-9-7-2/h8,10,14,16,20,22,26,28,31-32,34-35,37-38,73H,6-7,9,11-13,15,17-19,21,23-25,27,29-30,33,36,39-72H2,1-5H3/p+1/b10-8-,16-14-,22-20-,28-26-,32-31-,35-34-,38-37-. The third-order valence-electron chi connectivity index (χ3n) is 15.7. The van der Waals surface area contributed by atoms with E-state index in [4.69, 9.17) is 18.5 Å². The second-order valence-electron chi connectivity index (χ2n) is 25.3. The van der Waals surface area contributed by atoms with E-state index < -0.39 is 26.5 Å². The molecule has 0 amide bonds. The van der Waals surface area contributed by atoms with Crippen LogP contribution in [0.5, 0.6) is 0 Å². The molecule has 0 aromatic carbocycles. The molecule has 0 spiro atoms. The Morgan fingerprint density at radius 3 is 1.00 bits per heavy atom. The highest BCUT2D eigenvalue weighted by atomic mass is 31.2. The predicted molar refractivity (Wildman–Crippen MR) is 367 cm³/mol. The fourth-order valence-corrected chi connectivity index (χ4v) is 11.0. The molecule has 0 saturated carbocycles. The van der Waals surface area contributed by atoms with Gasteiger partial charge in [0.1, 0.15) is 19.8 Å². The van der Waals surface area contributed by atoms with E-state index in [9.17, 15) is 19.0 Å². The molecule has 0 radical (unpaired) electrons. The van der Waals surface area contributed by atoms with Crippen molar-refractivity contribution in [3.05, 3.63) is 85.1 Å². The molecular weight excluding hydrogens is 1070 g/mol. The quantitative estimate of drug-likeness (QED) is 0.0211. The first kappa shape index (κ1) is 82.2. The summed E-state index contributed by atoms with van der Waals surface area (Å²) in [5, 5.41) is 0. The smallest absolute Gasteiger partial charge is 0.462 e. The van der Waals surface area contributed by atoms with Gasteiger partial charge in [-0.2, -0.15) is 0 Å². The lowest BCUT2D eigenvalue weighted by atomic mass is 10.0. The van der Waals surface area contributed by atoms with Crippen molar-refractivity contribution in [3.63, 3.8) is 0 Å². The Morgan fingerprint density at radius 2 is 0.671 bits per heavy atom. The summed E-state index contributed by atoms with van der Waals surface area (Å²) in [5.41, 5.74) is 0. The number of phosphoric acid groups is 1. The van der Waals surface area contributed by atoms with Gasteiger partial charge in [0, 0.05) is 12.8 Å². The van der Waals surface area contributed by atoms with Crippen molar-refractivity contribution in [1.29, 1.82) is 0 Å². The molecule has 0 aromatic heterocycles. The van der Waals surface area contributed by atoms with Crippen LogP contribution in [-0.2, 0) is 32.7 Å². The summed E-state index contributed by atoms with van der Waals surface area (Å²) in [6, 6.07) is 0. The summed E-state index contributed by atoms with van der Waals surface area (Å²) in [6.45, 7) is 4.37. The van der Waals surface area contributed by atoms with Crippen LogP contribution in [0.25, 0.3) is 0 Å². The Bertz CT molecular complexity index is 1710. The van der Waals surface area contributed by atoms with E-state index in [0.29, 0.717) is 23.9 Å². The number of unbranched alkanes of at least 4 members (excludes halogenated alkanes) is 38. The van der Waals surface area contributed by atoms with Gasteiger partial charge in [0.25, 0.3) is 0 Å². The number of phosphoric ester groups is 1. The van der Waals surface area contributed by atoms with Crippen LogP contribution in [0.1, 0.15) is 328 Å². The van der Waals surface area contributed by atoms with Crippen LogP contribution in [0.15, 0.2) is 85.1 Å². The molecule has 85 heavy (non-hydrogen) atoms. The Labute approximate surface area is 526 Å². The summed E-state index contributed by atoms with van der Waals surface area (Å²) in [6.07, 6.45) is 89.8. The minimum atomic E-state index is -4.39. The number of esters is 2. The Kier molecular flexibility index (Phi) is 63.5. The van der Waals surface area contributed by atoms with E-state index in [1.165, 1.54) is 218 Å². The number of carbonyl (C=O) groups excluding carboxylic acids is 2. The van der Waals surface area contributed by atoms with Gasteiger partial charge in [0.05, 0.1) is 27.7 Å². The van der Waals surface area contributed by atoms with Crippen molar-refractivity contribution < 1.29 is 42.1 Å². The van der Waals surface area contributed by atoms with Crippen molar-refractivity contribution in [2.24, 2.45) is 0 Å². The Hall–Kier alpha value is -2.81. The first-order valence-electron chi connectivity index (χ1n) is 35.8. The lowest BCUT2D eigenvalue weighted by molar-refractivity contribution is -0.870. The molecule has 0 saturated heterocycles. The van der Waals surface area contributed by atoms with Gasteiger partial charge in [0.15, 0.2) is 6.10 Å². The van der Waals surface area contributed by atoms with E-state index in [-0.39, 0.29) is 25.6 Å². The Morgan fingerprint density at radius 1 is 0.376 bits per heavy atom. The van der Waals surface area contributed by atoms with Gasteiger partial charge in [-0.05, 0) is 70.6 Å². The van der Waals surface area contributed by atoms with Crippen molar-refractivity contribution in [2.75, 3.05) is 47.5 Å². The SMILES string of the molecule is CC/C=C\C/C=C\C/C=C\C/C=C\C/C=C\C/C=C\C/C=C\CCCCCCCCCCCCCCCCCCCC(=O)OC(COC(=O)CCCCCCCCCCCCCCCCCCCCCCCC)COP(=O)(O)OCC[N+](C)(C)C. The average Bonchev–Trinajstić information content (AvgIpc) is 3.50. The fourth-order valence-electron chi connectivity index (χ4n) is 10.2. The molecule has 0 bridgehead atoms. The molecule has 0 aromatic rings. The molecule has 2 unspecified atom stereocenters. The van der Waals surface area contributed by atoms with E-state index in [0.717, 1.165) is 77.0 Å². The fraction of sp³-hybridized carbons (Fsp3) is 0.787. The number of ether oxygens (including phenoxy) is 2. The van der Waals surface area contributed by atoms with Crippen molar-refractivity contribution >= 4 is 19.8 Å². The van der Waals surface area contributed by atoms with Crippen LogP contribution in [0, 0.1) is 0 Å². The number of hydrogen-bond donors (Lipinski definition) is 1. The third-order valence-corrected chi connectivity index (χ3v) is 16.7. The molecular formula is C75H137NO8P+. The molecule has 2 atom stereocenters. The van der Waals surface area contributed by atoms with Gasteiger partial charge < -0.3 is 18.9 Å². The van der Waals surface area contributed by atoms with Gasteiger partial charge in [-0.25, -0.2) is 4.57 Å². The first-order chi connectivity index (χ1) is 41.5. The highest BCUT2D eigenvalue weighted by molar-refractivity contribution is 7.47. The van der Waals surface area contributed by atoms with E-state index in [2.05, 4.69) is 98.9 Å². The zero-order chi connectivity index (χ0) is 61.9. The number of quaternary nitrogens is 1. The lowest BCUT2D eigenvalue weighted by Gasteiger charge is -2.24. The molecule has 1 N–H and O–H groups in total. The van der Waals surface area contributed by atoms with Gasteiger partial charge in [0.2, 0.25) is 0 Å². The van der Waals surface area contributed by atoms with Crippen LogP contribution in [0.2, 0.25) is 0 Å². The van der Waals surface area contributed by atoms with Gasteiger partial charge in [-0.1, -0.05) is 330 Å². The number of allylic oxidation sites excluding steroid dienone is 14. The van der Waals surface area contributed by atoms with Gasteiger partial charge in [-0.3, -0.25) is 18.6 Å². The van der Waals surface area contributed by atoms with Crippen LogP contribution in [0.3, 0.4) is 0 Å². The molecule has 10 heteroatoms. The topological polar surface area (TPSA) is 108 Å². The van der Waals surface area contributed by atoms with E-state index in [1.807, 2.05) is 21.1 Å². The molecule has 0 fully saturated rings. The summed E-state index contributed by atoms with van der Waals surface area (Å²) in [4.78, 5) is 35.9. The highest BCUT2D eigenvalue weighted by Crippen LogP contribution is 2.43. The molecule has 0 aliphatic rings. The Balaban J connectivity index is 3.98. The normalized spacial score (nSPS) is 13.6. The number of hydrogen-bond acceptors (Lipinski definition) is 7. The summed E-state index contributed by atoms with van der Waals surface area (Å²) >= 11 is 0. The minimum Gasteiger partial charge on any atom is -0.462 e. The third kappa shape index (κ3) is 70.2. The maximum absolute atomic E-state index is 12.9. The van der Waals surface area contributed by atoms with E-state index >= 15 is 0 Å². The molecule has 0 aliphatic carbocycles. The number of nitrogens with zero attached hydrogens (tertiary/aromatic N) is 1. The first-order valence-corrected chi connectivity index (χ1v) is 37.3. The van der Waals surface area contributed by atoms with Crippen LogP contribution < -0.4 is 0 Å². The molecule has 0 heterocycles. The second-order valence-corrected chi connectivity index (χ2v) is 26.7. The van der Waals surface area contributed by atoms with Crippen molar-refractivity contribution in [3.8, 4) is 0 Å². The predicted octanol–water partition coefficient (Wildman–Crippen LogP) is 23.3. The van der Waals surface area contributed by atoms with Crippen LogP contribution in [0.4, 0.5) is 0 Å². The molecule has 0 aliphatic heterocycles. The average molecular weight is 1210 g/mol. The van der Waals surface area contributed by atoms with Crippen LogP contribution in [-0.4, -0.2) is 74.9 Å². The highest BCUT2D eigenvalue weighted by Gasteiger charge is 2.27. The van der Waals surface area contributed by atoms with Crippen molar-refractivity contribution in [2.45, 2.75) is 335 Å². The van der Waals surface area contributed by atoms with Gasteiger partial charge >= 0.3 is 19.8 Å². The maximum atomic E-state index is 12.9. The number of likely N-dealkylation sites (N-methyl/N-ethyl adjacent to an activating group) is 1. The summed E-state index contributed by atoms with van der Waals surface area (Å²) in [5.74, 6) is -0.781. The molecule has 9 nitrogen and oxygen atoms in total. The lowest BCUT2D eigenvalue weighted by Crippen LogP contribution is -2.37. The zero-order valence-corrected chi connectivity index (χ0v) is 57.2. The van der Waals surface area contributed by atoms with E-state index in [1.54, 1.807) is 0 Å². The maximum Gasteiger partial charge on any atom is 0.472 e.